The van der Waals surface area contributed by atoms with Crippen LogP contribution in [-0.4, -0.2) is 103 Å². The predicted octanol–water partition coefficient (Wildman–Crippen LogP) is 6.00. The number of carbonyl (C=O) groups excluding carboxylic acids is 1. The van der Waals surface area contributed by atoms with Gasteiger partial charge in [-0.3, -0.25) is 14.4 Å². The van der Waals surface area contributed by atoms with Crippen molar-refractivity contribution in [2.45, 2.75) is 62.1 Å². The van der Waals surface area contributed by atoms with Gasteiger partial charge in [0.05, 0.1) is 16.5 Å². The quantitative estimate of drug-likeness (QED) is 0.173. The van der Waals surface area contributed by atoms with Crippen molar-refractivity contribution in [2.24, 2.45) is 7.05 Å². The molecule has 4 aliphatic heterocycles. The zero-order valence-corrected chi connectivity index (χ0v) is 28.9. The van der Waals surface area contributed by atoms with E-state index in [4.69, 9.17) is 16.1 Å². The van der Waals surface area contributed by atoms with E-state index >= 15 is 8.78 Å². The lowest BCUT2D eigenvalue weighted by Crippen LogP contribution is -2.58. The lowest BCUT2D eigenvalue weighted by Gasteiger charge is -2.42. The van der Waals surface area contributed by atoms with Crippen molar-refractivity contribution in [1.29, 1.82) is 0 Å². The van der Waals surface area contributed by atoms with Crippen LogP contribution in [0.15, 0.2) is 30.5 Å². The van der Waals surface area contributed by atoms with E-state index in [9.17, 15) is 27.5 Å². The Morgan fingerprint density at radius 3 is 2.57 bits per heavy atom. The minimum absolute atomic E-state index is 0.0186. The molecule has 5 aromatic rings. The molecule has 4 fully saturated rings. The van der Waals surface area contributed by atoms with Crippen molar-refractivity contribution in [3.8, 4) is 35.2 Å². The minimum atomic E-state index is -5.05. The zero-order valence-electron chi connectivity index (χ0n) is 28.9. The van der Waals surface area contributed by atoms with Gasteiger partial charge >= 0.3 is 18.1 Å². The highest BCUT2D eigenvalue weighted by atomic mass is 19.4. The number of phenolic OH excluding ortho intramolecular Hbond substituents is 1. The summed E-state index contributed by atoms with van der Waals surface area (Å²) in [5.74, 6) is -1.26. The third-order valence-electron chi connectivity index (χ3n) is 11.6. The van der Waals surface area contributed by atoms with Gasteiger partial charge in [0.1, 0.15) is 41.2 Å². The average Bonchev–Trinajstić information content (AvgIpc) is 3.85. The molecule has 280 valence electrons. The fourth-order valence-corrected chi connectivity index (χ4v) is 9.42. The number of nitrogens with zero attached hydrogens (tertiary/aromatic N) is 7. The standard InChI is InChI=1S/C38H33F6N7O3/c1-3-24-27(40)8-5-19-11-23(52)12-25(28(19)24)29-31(41)33-30(26-17-48(2)47-32(26)29)34(51-21-6-7-22(51)16-49(15-21)35(53)38(42,43)44)46-36(45-33)54-18-37-9-4-10-50(37)14-20(39)13-37/h1,5,8,11-12,17,20-22,52H,4,6-7,9-10,13-16,18H2,2H3/t20-,21?,22?,37+/m1/s1. The first-order valence-corrected chi connectivity index (χ1v) is 17.7. The molecule has 1 amide bonds. The lowest BCUT2D eigenvalue weighted by molar-refractivity contribution is -0.186. The second kappa shape index (κ2) is 12.1. The monoisotopic (exact) mass is 749 g/mol. The third-order valence-corrected chi connectivity index (χ3v) is 11.6. The van der Waals surface area contributed by atoms with Crippen LogP contribution in [-0.2, 0) is 11.8 Å². The molecule has 54 heavy (non-hydrogen) atoms. The maximum absolute atomic E-state index is 17.7. The van der Waals surface area contributed by atoms with Crippen molar-refractivity contribution in [3.63, 3.8) is 0 Å². The zero-order chi connectivity index (χ0) is 37.8. The van der Waals surface area contributed by atoms with Crippen LogP contribution in [0, 0.1) is 24.0 Å². The Balaban J connectivity index is 1.27. The Labute approximate surface area is 304 Å². The summed E-state index contributed by atoms with van der Waals surface area (Å²) in [6.07, 6.45) is 3.96. The number of anilines is 1. The largest absolute Gasteiger partial charge is 0.508 e. The second-order valence-corrected chi connectivity index (χ2v) is 14.8. The number of amides is 1. The number of aromatic nitrogens is 4. The van der Waals surface area contributed by atoms with Gasteiger partial charge < -0.3 is 19.6 Å². The Kier molecular flexibility index (Phi) is 7.73. The molecule has 4 saturated heterocycles. The van der Waals surface area contributed by atoms with E-state index < -0.39 is 47.5 Å². The molecule has 2 bridgehead atoms. The number of terminal acetylenes is 1. The van der Waals surface area contributed by atoms with Gasteiger partial charge in [0.2, 0.25) is 0 Å². The van der Waals surface area contributed by atoms with Gasteiger partial charge in [-0.15, -0.1) is 6.42 Å². The maximum Gasteiger partial charge on any atom is 0.471 e. The molecule has 9 rings (SSSR count). The Morgan fingerprint density at radius 1 is 1.09 bits per heavy atom. The topological polar surface area (TPSA) is 99.9 Å². The number of halogens is 6. The molecule has 4 atom stereocenters. The van der Waals surface area contributed by atoms with Gasteiger partial charge in [-0.2, -0.15) is 28.2 Å². The molecule has 0 radical (unpaired) electrons. The third kappa shape index (κ3) is 5.22. The number of aryl methyl sites for hydroxylation is 1. The van der Waals surface area contributed by atoms with E-state index in [0.29, 0.717) is 36.6 Å². The van der Waals surface area contributed by atoms with Crippen LogP contribution in [0.4, 0.5) is 32.2 Å². The molecule has 3 aromatic carbocycles. The van der Waals surface area contributed by atoms with E-state index in [-0.39, 0.29) is 88.7 Å². The Hall–Kier alpha value is -5.30. The van der Waals surface area contributed by atoms with Crippen LogP contribution in [0.25, 0.3) is 43.7 Å². The summed E-state index contributed by atoms with van der Waals surface area (Å²) in [4.78, 5) is 26.4. The Morgan fingerprint density at radius 2 is 1.85 bits per heavy atom. The first-order chi connectivity index (χ1) is 25.8. The number of hydrogen-bond acceptors (Lipinski definition) is 8. The number of benzene rings is 3. The summed E-state index contributed by atoms with van der Waals surface area (Å²) in [6.45, 7) is 0.516. The maximum atomic E-state index is 17.7. The normalized spacial score (nSPS) is 24.2. The van der Waals surface area contributed by atoms with E-state index in [0.717, 1.165) is 17.4 Å². The number of fused-ring (bicyclic) bond motifs is 7. The van der Waals surface area contributed by atoms with E-state index in [1.807, 2.05) is 9.80 Å². The van der Waals surface area contributed by atoms with Crippen molar-refractivity contribution < 1.29 is 41.0 Å². The predicted molar refractivity (Wildman–Crippen MR) is 187 cm³/mol. The average molecular weight is 750 g/mol. The van der Waals surface area contributed by atoms with Gasteiger partial charge in [0, 0.05) is 67.7 Å². The number of phenols is 1. The van der Waals surface area contributed by atoms with E-state index in [1.54, 1.807) is 13.2 Å². The lowest BCUT2D eigenvalue weighted by atomic mass is 9.91. The molecule has 4 aliphatic rings. The fraction of sp³-hybridized carbons (Fsp3) is 0.421. The first kappa shape index (κ1) is 34.5. The number of alkyl halides is 4. The van der Waals surface area contributed by atoms with Crippen molar-refractivity contribution in [2.75, 3.05) is 37.7 Å². The molecule has 16 heteroatoms. The summed E-state index contributed by atoms with van der Waals surface area (Å²) < 4.78 is 95.8. The minimum Gasteiger partial charge on any atom is -0.508 e. The number of aromatic hydroxyl groups is 1. The molecule has 10 nitrogen and oxygen atoms in total. The summed E-state index contributed by atoms with van der Waals surface area (Å²) in [5.41, 5.74) is -0.930. The highest BCUT2D eigenvalue weighted by molar-refractivity contribution is 6.18. The van der Waals surface area contributed by atoms with E-state index in [2.05, 4.69) is 16.0 Å². The molecule has 1 N–H and O–H groups in total. The second-order valence-electron chi connectivity index (χ2n) is 14.8. The molecule has 0 aliphatic carbocycles. The van der Waals surface area contributed by atoms with Gasteiger partial charge in [-0.1, -0.05) is 12.0 Å². The number of likely N-dealkylation sites (tertiary alicyclic amines) is 1. The SMILES string of the molecule is C#Cc1c(F)ccc2cc(O)cc(-c3c(F)c4nc(OC[C@@]56CCCN5C[C@H](F)C6)nc(N5C6CCC5CN(C(=O)C(F)(F)F)C6)c4c4cn(C)nc34)c12. The summed E-state index contributed by atoms with van der Waals surface area (Å²) in [7, 11) is 1.62. The molecule has 0 saturated carbocycles. The van der Waals surface area contributed by atoms with Crippen LogP contribution < -0.4 is 9.64 Å². The smallest absolute Gasteiger partial charge is 0.471 e. The summed E-state index contributed by atoms with van der Waals surface area (Å²) >= 11 is 0. The van der Waals surface area contributed by atoms with Gasteiger partial charge in [-0.05, 0) is 61.4 Å². The first-order valence-electron chi connectivity index (χ1n) is 17.7. The number of hydrogen-bond donors (Lipinski definition) is 1. The van der Waals surface area contributed by atoms with E-state index in [1.165, 1.54) is 22.9 Å². The molecular formula is C38H33F6N7O3. The van der Waals surface area contributed by atoms with Crippen LogP contribution in [0.2, 0.25) is 0 Å². The van der Waals surface area contributed by atoms with Gasteiger partial charge in [0.15, 0.2) is 5.82 Å². The molecule has 2 aromatic heterocycles. The van der Waals surface area contributed by atoms with Crippen molar-refractivity contribution >= 4 is 44.3 Å². The van der Waals surface area contributed by atoms with Crippen LogP contribution in [0.5, 0.6) is 11.8 Å². The number of ether oxygens (including phenoxy) is 1. The van der Waals surface area contributed by atoms with Crippen molar-refractivity contribution in [1.82, 2.24) is 29.5 Å². The molecular weight excluding hydrogens is 716 g/mol. The summed E-state index contributed by atoms with van der Waals surface area (Å²) in [6, 6.07) is 3.82. The number of piperazine rings is 1. The molecule has 6 heterocycles. The molecule has 0 spiro atoms. The fourth-order valence-electron chi connectivity index (χ4n) is 9.42. The van der Waals surface area contributed by atoms with Gasteiger partial charge in [0.25, 0.3) is 0 Å². The van der Waals surface area contributed by atoms with Crippen LogP contribution in [0.3, 0.4) is 0 Å². The highest BCUT2D eigenvalue weighted by Crippen LogP contribution is 2.47. The van der Waals surface area contributed by atoms with Gasteiger partial charge in [-0.25, -0.2) is 13.2 Å². The highest BCUT2D eigenvalue weighted by Gasteiger charge is 2.51. The number of rotatable bonds is 5. The summed E-state index contributed by atoms with van der Waals surface area (Å²) in [5, 5.41) is 16.5. The Bertz CT molecular complexity index is 2430. The molecule has 2 unspecified atom stereocenters. The van der Waals surface area contributed by atoms with Crippen molar-refractivity contribution in [3.05, 3.63) is 47.7 Å². The van der Waals surface area contributed by atoms with Crippen LogP contribution >= 0.6 is 0 Å². The van der Waals surface area contributed by atoms with Crippen LogP contribution in [0.1, 0.15) is 37.7 Å². The number of carbonyl (C=O) groups is 1.